The molecule has 0 aliphatic rings. The second-order valence-electron chi connectivity index (χ2n) is 10.0. The molecule has 0 spiro atoms. The van der Waals surface area contributed by atoms with Crippen molar-refractivity contribution in [3.05, 3.63) is 84.8 Å². The molecule has 1 N–H and O–H groups in total. The van der Waals surface area contributed by atoms with Crippen molar-refractivity contribution in [2.75, 3.05) is 0 Å². The third-order valence-corrected chi connectivity index (χ3v) is 7.96. The first-order chi connectivity index (χ1) is 18.5. The van der Waals surface area contributed by atoms with Crippen LogP contribution in [0.3, 0.4) is 0 Å². The van der Waals surface area contributed by atoms with Crippen LogP contribution >= 0.6 is 0 Å². The first-order valence-electron chi connectivity index (χ1n) is 13.8. The molecule has 0 unspecified atom stereocenters. The van der Waals surface area contributed by atoms with E-state index in [4.69, 9.17) is 0 Å². The summed E-state index contributed by atoms with van der Waals surface area (Å²) in [6, 6.07) is 24.7. The number of aliphatic hydroxyl groups excluding tert-OH is 1. The van der Waals surface area contributed by atoms with E-state index < -0.39 is 0 Å². The van der Waals surface area contributed by atoms with Crippen LogP contribution in [-0.2, 0) is 24.9 Å². The minimum Gasteiger partial charge on any atom is -0.512 e. The van der Waals surface area contributed by atoms with Gasteiger partial charge in [0, 0.05) is 66.0 Å². The van der Waals surface area contributed by atoms with E-state index in [1.807, 2.05) is 46.0 Å². The first-order valence-corrected chi connectivity index (χ1v) is 13.8. The maximum absolute atomic E-state index is 11.7. The number of aromatic nitrogens is 2. The van der Waals surface area contributed by atoms with Crippen molar-refractivity contribution in [1.29, 1.82) is 0 Å². The summed E-state index contributed by atoms with van der Waals surface area (Å²) in [5.41, 5.74) is 4.71. The monoisotopic (exact) mass is 696 g/mol. The van der Waals surface area contributed by atoms with E-state index in [2.05, 4.69) is 64.0 Å². The van der Waals surface area contributed by atoms with Crippen LogP contribution in [0.25, 0.3) is 49.0 Å². The van der Waals surface area contributed by atoms with Crippen molar-refractivity contribution in [1.82, 2.24) is 9.38 Å². The quantitative estimate of drug-likeness (QED) is 0.0597. The molecule has 6 aromatic rings. The summed E-state index contributed by atoms with van der Waals surface area (Å²) in [5, 5.41) is 15.9. The zero-order valence-corrected chi connectivity index (χ0v) is 25.4. The van der Waals surface area contributed by atoms with Crippen LogP contribution in [0.15, 0.2) is 78.7 Å². The van der Waals surface area contributed by atoms with Gasteiger partial charge >= 0.3 is 0 Å². The van der Waals surface area contributed by atoms with Gasteiger partial charge in [0.05, 0.1) is 5.76 Å². The molecule has 1 radical (unpaired) electrons. The van der Waals surface area contributed by atoms with Crippen LogP contribution < -0.4 is 0 Å². The number of benzene rings is 3. The van der Waals surface area contributed by atoms with Crippen LogP contribution in [0.5, 0.6) is 0 Å². The molecule has 4 nitrogen and oxygen atoms in total. The topological polar surface area (TPSA) is 54.6 Å². The largest absolute Gasteiger partial charge is 0.512 e. The number of hydrogen-bond donors (Lipinski definition) is 1. The first kappa shape index (κ1) is 28.7. The zero-order valence-electron chi connectivity index (χ0n) is 23.0. The van der Waals surface area contributed by atoms with Crippen molar-refractivity contribution in [2.45, 2.75) is 53.4 Å². The van der Waals surface area contributed by atoms with E-state index in [-0.39, 0.29) is 43.5 Å². The molecule has 203 valence electrons. The van der Waals surface area contributed by atoms with Gasteiger partial charge < -0.3 is 14.5 Å². The Balaban J connectivity index is 0.000000196. The van der Waals surface area contributed by atoms with Gasteiger partial charge in [-0.2, -0.15) is 0 Å². The molecular weight excluding hydrogens is 661 g/mol. The van der Waals surface area contributed by atoms with Gasteiger partial charge in [-0.05, 0) is 59.6 Å². The van der Waals surface area contributed by atoms with Crippen LogP contribution in [0.1, 0.15) is 53.4 Å². The Morgan fingerprint density at radius 1 is 0.897 bits per heavy atom. The van der Waals surface area contributed by atoms with Crippen molar-refractivity contribution >= 4 is 54.8 Å². The van der Waals surface area contributed by atoms with Gasteiger partial charge in [0.2, 0.25) is 0 Å². The average Bonchev–Trinajstić information content (AvgIpc) is 3.30. The van der Waals surface area contributed by atoms with E-state index >= 15 is 0 Å². The van der Waals surface area contributed by atoms with Gasteiger partial charge in [-0.25, -0.2) is 0 Å². The number of aliphatic hydroxyl groups is 1. The number of nitrogens with zero attached hydrogens (tertiary/aromatic N) is 2. The summed E-state index contributed by atoms with van der Waals surface area (Å²) in [6.07, 6.45) is 6.80. The number of hydrogen-bond acceptors (Lipinski definition) is 3. The fraction of sp³-hybridized carbons (Fsp3) is 0.294. The number of carbonyl (C=O) groups excluding carboxylic acids is 1. The molecule has 5 heteroatoms. The Morgan fingerprint density at radius 2 is 1.59 bits per heavy atom. The molecule has 0 aliphatic carbocycles. The fourth-order valence-electron chi connectivity index (χ4n) is 5.74. The van der Waals surface area contributed by atoms with Gasteiger partial charge in [0.15, 0.2) is 5.78 Å². The maximum atomic E-state index is 11.7. The minimum atomic E-state index is 0. The van der Waals surface area contributed by atoms with Gasteiger partial charge in [-0.15, -0.1) is 29.7 Å². The van der Waals surface area contributed by atoms with E-state index in [1.54, 1.807) is 0 Å². The third-order valence-electron chi connectivity index (χ3n) is 7.96. The molecule has 0 aliphatic heterocycles. The van der Waals surface area contributed by atoms with Gasteiger partial charge in [0.25, 0.3) is 0 Å². The molecule has 0 fully saturated rings. The van der Waals surface area contributed by atoms with Crippen molar-refractivity contribution < 1.29 is 30.0 Å². The molecule has 3 heterocycles. The Bertz CT molecular complexity index is 1740. The third kappa shape index (κ3) is 5.06. The molecule has 0 bridgehead atoms. The molecule has 6 rings (SSSR count). The molecular formula is C34H35IrN2O2-. The molecule has 3 aromatic carbocycles. The number of fused-ring (bicyclic) bond motifs is 6. The predicted molar refractivity (Wildman–Crippen MR) is 159 cm³/mol. The number of carbonyl (C=O) groups is 1. The Morgan fingerprint density at radius 3 is 2.31 bits per heavy atom. The van der Waals surface area contributed by atoms with Crippen LogP contribution in [0.2, 0.25) is 0 Å². The summed E-state index contributed by atoms with van der Waals surface area (Å²) < 4.78 is 2.37. The van der Waals surface area contributed by atoms with Crippen molar-refractivity contribution in [2.24, 2.45) is 11.8 Å². The molecule has 0 saturated carbocycles. The van der Waals surface area contributed by atoms with Crippen LogP contribution in [0.4, 0.5) is 0 Å². The molecule has 0 saturated heterocycles. The fourth-order valence-corrected chi connectivity index (χ4v) is 5.74. The number of pyridine rings is 2. The van der Waals surface area contributed by atoms with Gasteiger partial charge in [-0.3, -0.25) is 4.79 Å². The standard InChI is InChI=1S/C21H11N2.C13H24O2.Ir/c1-3-7-17-14(5-1)15-10-9-13-11-12-22-20-16-6-2-4-8-18(16)23(17)21(15)19(13)20;1-5-10(6-2)12(14)9-13(15)11(7-3)8-4;/h1-5,7-12H;9-11,14H,5-8H2,1-4H3;/q-1;;/b;12-9-;. The van der Waals surface area contributed by atoms with Crippen molar-refractivity contribution in [3.8, 4) is 0 Å². The summed E-state index contributed by atoms with van der Waals surface area (Å²) in [4.78, 5) is 16.4. The summed E-state index contributed by atoms with van der Waals surface area (Å²) in [6.45, 7) is 8.07. The van der Waals surface area contributed by atoms with E-state index in [9.17, 15) is 9.90 Å². The van der Waals surface area contributed by atoms with Gasteiger partial charge in [0.1, 0.15) is 0 Å². The number of ketones is 1. The summed E-state index contributed by atoms with van der Waals surface area (Å²) >= 11 is 0. The minimum absolute atomic E-state index is 0. The molecule has 39 heavy (non-hydrogen) atoms. The molecule has 0 atom stereocenters. The van der Waals surface area contributed by atoms with Crippen LogP contribution in [-0.4, -0.2) is 20.3 Å². The molecule has 0 amide bonds. The Kier molecular flexibility index (Phi) is 9.04. The van der Waals surface area contributed by atoms with Crippen LogP contribution in [0, 0.1) is 17.9 Å². The SMILES string of the molecule is CCC(CC)C(=O)/C=C(\O)C(CC)CC.[Ir].[c-]1cccc2c1c1nccc3ccc4c5ccccc5n2c4c31. The average molecular weight is 696 g/mol. The number of rotatable bonds is 7. The summed E-state index contributed by atoms with van der Waals surface area (Å²) in [5.74, 6) is 0.547. The second-order valence-corrected chi connectivity index (χ2v) is 10.0. The zero-order chi connectivity index (χ0) is 26.8. The molecule has 3 aromatic heterocycles. The van der Waals surface area contributed by atoms with Gasteiger partial charge in [-0.1, -0.05) is 58.0 Å². The van der Waals surface area contributed by atoms with E-state index in [0.717, 1.165) is 42.1 Å². The number of para-hydroxylation sites is 1. The predicted octanol–water partition coefficient (Wildman–Crippen LogP) is 9.05. The Labute approximate surface area is 243 Å². The van der Waals surface area contributed by atoms with Crippen molar-refractivity contribution in [3.63, 3.8) is 0 Å². The smallest absolute Gasteiger partial charge is 0.162 e. The number of allylic oxidation sites excluding steroid dienone is 2. The summed E-state index contributed by atoms with van der Waals surface area (Å²) in [7, 11) is 0. The second kappa shape index (κ2) is 12.3. The Hall–Kier alpha value is -3.27. The van der Waals surface area contributed by atoms with E-state index in [1.165, 1.54) is 38.7 Å². The van der Waals surface area contributed by atoms with E-state index in [0.29, 0.717) is 0 Å². The normalized spacial score (nSPS) is 12.1. The maximum Gasteiger partial charge on any atom is 0.162 e.